The Morgan fingerprint density at radius 2 is 2.33 bits per heavy atom. The van der Waals surface area contributed by atoms with Crippen LogP contribution in [0, 0.1) is 0 Å². The maximum absolute atomic E-state index is 10.9. The average molecular weight is 170 g/mol. The van der Waals surface area contributed by atoms with Gasteiger partial charge >= 0.3 is 0 Å². The summed E-state index contributed by atoms with van der Waals surface area (Å²) in [5.41, 5.74) is 0.0157. The maximum atomic E-state index is 10.9. The van der Waals surface area contributed by atoms with Crippen LogP contribution < -0.4 is 5.32 Å². The van der Waals surface area contributed by atoms with E-state index in [0.717, 1.165) is 26.1 Å². The Kier molecular flexibility index (Phi) is 2.73. The van der Waals surface area contributed by atoms with Crippen molar-refractivity contribution in [1.29, 1.82) is 0 Å². The zero-order chi connectivity index (χ0) is 9.19. The lowest BCUT2D eigenvalue weighted by molar-refractivity contribution is -0.120. The molecule has 1 amide bonds. The Balaban J connectivity index is 2.46. The van der Waals surface area contributed by atoms with Gasteiger partial charge in [0.15, 0.2) is 0 Å². The fourth-order valence-electron chi connectivity index (χ4n) is 1.85. The number of rotatable bonds is 2. The van der Waals surface area contributed by atoms with Gasteiger partial charge < -0.3 is 10.2 Å². The van der Waals surface area contributed by atoms with Crippen LogP contribution in [-0.2, 0) is 4.79 Å². The summed E-state index contributed by atoms with van der Waals surface area (Å²) in [6.45, 7) is 9.02. The first-order valence-electron chi connectivity index (χ1n) is 4.57. The van der Waals surface area contributed by atoms with Crippen LogP contribution in [0.2, 0.25) is 0 Å². The highest BCUT2D eigenvalue weighted by molar-refractivity contribution is 5.73. The molecule has 12 heavy (non-hydrogen) atoms. The number of hydrogen-bond acceptors (Lipinski definition) is 2. The zero-order valence-electron chi connectivity index (χ0n) is 8.18. The Morgan fingerprint density at radius 3 is 2.75 bits per heavy atom. The molecule has 1 saturated heterocycles. The molecule has 0 spiro atoms. The van der Waals surface area contributed by atoms with Crippen molar-refractivity contribution in [2.24, 2.45) is 0 Å². The van der Waals surface area contributed by atoms with E-state index in [1.165, 1.54) is 0 Å². The maximum Gasteiger partial charge on any atom is 0.217 e. The normalized spacial score (nSPS) is 30.6. The fourth-order valence-corrected chi connectivity index (χ4v) is 1.85. The van der Waals surface area contributed by atoms with Crippen LogP contribution in [0.25, 0.3) is 0 Å². The highest BCUT2D eigenvalue weighted by atomic mass is 16.1. The van der Waals surface area contributed by atoms with Crippen molar-refractivity contribution in [1.82, 2.24) is 10.2 Å². The Morgan fingerprint density at radius 1 is 1.67 bits per heavy atom. The molecule has 3 heteroatoms. The molecule has 1 heterocycles. The molecular formula is C9H18N2O. The minimum absolute atomic E-state index is 0.0157. The first-order valence-corrected chi connectivity index (χ1v) is 4.57. The third kappa shape index (κ3) is 2.21. The van der Waals surface area contributed by atoms with Gasteiger partial charge in [-0.05, 0) is 19.9 Å². The van der Waals surface area contributed by atoms with E-state index in [2.05, 4.69) is 24.1 Å². The van der Waals surface area contributed by atoms with Gasteiger partial charge in [0.1, 0.15) is 0 Å². The SMILES string of the molecule is CCN1CCC(C)(NC(C)=O)C1. The lowest BCUT2D eigenvalue weighted by atomic mass is 10.0. The number of nitrogens with zero attached hydrogens (tertiary/aromatic N) is 1. The van der Waals surface area contributed by atoms with Crippen molar-refractivity contribution in [2.45, 2.75) is 32.7 Å². The quantitative estimate of drug-likeness (QED) is 0.658. The average Bonchev–Trinajstić information content (AvgIpc) is 2.30. The molecule has 1 fully saturated rings. The van der Waals surface area contributed by atoms with Gasteiger partial charge in [0, 0.05) is 20.0 Å². The second-order valence-corrected chi connectivity index (χ2v) is 3.86. The number of likely N-dealkylation sites (N-methyl/N-ethyl adjacent to an activating group) is 1. The van der Waals surface area contributed by atoms with Crippen LogP contribution in [0.15, 0.2) is 0 Å². The van der Waals surface area contributed by atoms with Crippen LogP contribution >= 0.6 is 0 Å². The summed E-state index contributed by atoms with van der Waals surface area (Å²) in [4.78, 5) is 13.2. The molecule has 0 saturated carbocycles. The lowest BCUT2D eigenvalue weighted by Crippen LogP contribution is -2.47. The highest BCUT2D eigenvalue weighted by Gasteiger charge is 2.33. The van der Waals surface area contributed by atoms with Crippen LogP contribution in [0.4, 0.5) is 0 Å². The van der Waals surface area contributed by atoms with Crippen molar-refractivity contribution in [3.8, 4) is 0 Å². The van der Waals surface area contributed by atoms with Crippen molar-refractivity contribution in [3.63, 3.8) is 0 Å². The van der Waals surface area contributed by atoms with E-state index in [0.29, 0.717) is 0 Å². The largest absolute Gasteiger partial charge is 0.350 e. The minimum atomic E-state index is 0.0157. The topological polar surface area (TPSA) is 32.3 Å². The summed E-state index contributed by atoms with van der Waals surface area (Å²) >= 11 is 0. The third-order valence-electron chi connectivity index (χ3n) is 2.48. The molecule has 1 aliphatic rings. The van der Waals surface area contributed by atoms with Crippen molar-refractivity contribution < 1.29 is 4.79 Å². The number of likely N-dealkylation sites (tertiary alicyclic amines) is 1. The van der Waals surface area contributed by atoms with Crippen LogP contribution in [-0.4, -0.2) is 36.0 Å². The van der Waals surface area contributed by atoms with E-state index < -0.39 is 0 Å². The van der Waals surface area contributed by atoms with Crippen LogP contribution in [0.1, 0.15) is 27.2 Å². The van der Waals surface area contributed by atoms with Gasteiger partial charge in [0.2, 0.25) is 5.91 Å². The first-order chi connectivity index (χ1) is 5.56. The summed E-state index contributed by atoms with van der Waals surface area (Å²) in [6.07, 6.45) is 1.07. The summed E-state index contributed by atoms with van der Waals surface area (Å²) in [5.74, 6) is 0.0791. The summed E-state index contributed by atoms with van der Waals surface area (Å²) in [5, 5.41) is 3.00. The van der Waals surface area contributed by atoms with Gasteiger partial charge in [0.05, 0.1) is 5.54 Å². The van der Waals surface area contributed by atoms with Crippen LogP contribution in [0.5, 0.6) is 0 Å². The predicted molar refractivity (Wildman–Crippen MR) is 49.0 cm³/mol. The molecular weight excluding hydrogens is 152 g/mol. The molecule has 1 N–H and O–H groups in total. The third-order valence-corrected chi connectivity index (χ3v) is 2.48. The summed E-state index contributed by atoms with van der Waals surface area (Å²) < 4.78 is 0. The smallest absolute Gasteiger partial charge is 0.217 e. The highest BCUT2D eigenvalue weighted by Crippen LogP contribution is 2.19. The molecule has 0 aliphatic carbocycles. The number of hydrogen-bond donors (Lipinski definition) is 1. The van der Waals surface area contributed by atoms with E-state index in [4.69, 9.17) is 0 Å². The molecule has 0 aromatic heterocycles. The second kappa shape index (κ2) is 3.44. The molecule has 0 aromatic rings. The lowest BCUT2D eigenvalue weighted by Gasteiger charge is -2.25. The van der Waals surface area contributed by atoms with Gasteiger partial charge in [-0.1, -0.05) is 6.92 Å². The monoisotopic (exact) mass is 170 g/mol. The number of carbonyl (C=O) groups excluding carboxylic acids is 1. The Labute approximate surface area is 74.1 Å². The Hall–Kier alpha value is -0.570. The molecule has 70 valence electrons. The van der Waals surface area contributed by atoms with E-state index in [1.807, 2.05) is 0 Å². The van der Waals surface area contributed by atoms with Gasteiger partial charge in [0.25, 0.3) is 0 Å². The summed E-state index contributed by atoms with van der Waals surface area (Å²) in [7, 11) is 0. The van der Waals surface area contributed by atoms with Gasteiger partial charge in [-0.25, -0.2) is 0 Å². The van der Waals surface area contributed by atoms with Crippen molar-refractivity contribution in [2.75, 3.05) is 19.6 Å². The molecule has 0 radical (unpaired) electrons. The molecule has 1 atom stereocenters. The molecule has 0 bridgehead atoms. The predicted octanol–water partition coefficient (Wildman–Crippen LogP) is 0.607. The van der Waals surface area contributed by atoms with Gasteiger partial charge in [-0.3, -0.25) is 4.79 Å². The van der Waals surface area contributed by atoms with E-state index in [1.54, 1.807) is 6.92 Å². The van der Waals surface area contributed by atoms with Crippen molar-refractivity contribution in [3.05, 3.63) is 0 Å². The molecule has 1 rings (SSSR count). The van der Waals surface area contributed by atoms with Crippen molar-refractivity contribution >= 4 is 5.91 Å². The van der Waals surface area contributed by atoms with Gasteiger partial charge in [-0.15, -0.1) is 0 Å². The van der Waals surface area contributed by atoms with Crippen LogP contribution in [0.3, 0.4) is 0 Å². The number of amides is 1. The molecule has 3 nitrogen and oxygen atoms in total. The molecule has 0 aromatic carbocycles. The summed E-state index contributed by atoms with van der Waals surface area (Å²) in [6, 6.07) is 0. The van der Waals surface area contributed by atoms with E-state index in [-0.39, 0.29) is 11.4 Å². The van der Waals surface area contributed by atoms with E-state index >= 15 is 0 Å². The fraction of sp³-hybridized carbons (Fsp3) is 0.889. The molecule has 1 unspecified atom stereocenters. The zero-order valence-corrected chi connectivity index (χ0v) is 8.18. The van der Waals surface area contributed by atoms with E-state index in [9.17, 15) is 4.79 Å². The standard InChI is InChI=1S/C9H18N2O/c1-4-11-6-5-9(3,7-11)10-8(2)12/h4-7H2,1-3H3,(H,10,12). The number of carbonyl (C=O) groups is 1. The first kappa shape index (κ1) is 9.52. The minimum Gasteiger partial charge on any atom is -0.350 e. The Bertz CT molecular complexity index is 181. The second-order valence-electron chi connectivity index (χ2n) is 3.86. The number of nitrogens with one attached hydrogen (secondary N) is 1. The molecule has 1 aliphatic heterocycles. The van der Waals surface area contributed by atoms with Gasteiger partial charge in [-0.2, -0.15) is 0 Å².